The number of rotatable bonds is 3. The van der Waals surface area contributed by atoms with Crippen molar-refractivity contribution in [3.63, 3.8) is 0 Å². The first-order valence-electron chi connectivity index (χ1n) is 6.87. The lowest BCUT2D eigenvalue weighted by atomic mass is 9.99. The minimum atomic E-state index is -0.393. The fourth-order valence-corrected chi connectivity index (χ4v) is 2.54. The van der Waals surface area contributed by atoms with E-state index in [1.807, 2.05) is 6.92 Å². The van der Waals surface area contributed by atoms with Gasteiger partial charge in [0.25, 0.3) is 0 Å². The van der Waals surface area contributed by atoms with Crippen molar-refractivity contribution in [2.75, 3.05) is 18.4 Å². The first-order valence-corrected chi connectivity index (χ1v) is 6.87. The lowest BCUT2D eigenvalue weighted by Crippen LogP contribution is -2.46. The molecule has 1 aliphatic heterocycles. The van der Waals surface area contributed by atoms with Gasteiger partial charge in [0, 0.05) is 6.54 Å². The summed E-state index contributed by atoms with van der Waals surface area (Å²) in [5.74, 6) is 0.0896. The molecule has 4 heteroatoms. The Morgan fingerprint density at radius 2 is 2.21 bits per heavy atom. The lowest BCUT2D eigenvalue weighted by Gasteiger charge is -2.34. The van der Waals surface area contributed by atoms with E-state index in [1.165, 1.54) is 12.5 Å². The number of carbonyl (C=O) groups is 1. The van der Waals surface area contributed by atoms with Gasteiger partial charge in [-0.05, 0) is 44.4 Å². The molecule has 0 aliphatic carbocycles. The summed E-state index contributed by atoms with van der Waals surface area (Å²) in [6, 6.07) is 6.04. The van der Waals surface area contributed by atoms with Gasteiger partial charge in [-0.1, -0.05) is 19.1 Å². The zero-order valence-electron chi connectivity index (χ0n) is 11.5. The zero-order valence-corrected chi connectivity index (χ0v) is 11.5. The highest BCUT2D eigenvalue weighted by Crippen LogP contribution is 2.19. The number of amides is 1. The number of carbonyl (C=O) groups excluding carboxylic acids is 1. The van der Waals surface area contributed by atoms with Crippen molar-refractivity contribution in [3.8, 4) is 0 Å². The van der Waals surface area contributed by atoms with E-state index in [0.29, 0.717) is 5.92 Å². The third-order valence-corrected chi connectivity index (χ3v) is 3.75. The number of para-hydroxylation sites is 1. The topological polar surface area (TPSA) is 32.3 Å². The monoisotopic (exact) mass is 264 g/mol. The molecule has 1 saturated heterocycles. The molecule has 0 unspecified atom stereocenters. The maximum absolute atomic E-state index is 13.5. The quantitative estimate of drug-likeness (QED) is 0.910. The summed E-state index contributed by atoms with van der Waals surface area (Å²) >= 11 is 0. The number of hydrogen-bond acceptors (Lipinski definition) is 2. The van der Waals surface area contributed by atoms with E-state index in [4.69, 9.17) is 0 Å². The molecule has 2 atom stereocenters. The molecule has 0 bridgehead atoms. The van der Waals surface area contributed by atoms with Crippen LogP contribution in [0.5, 0.6) is 0 Å². The van der Waals surface area contributed by atoms with Crippen molar-refractivity contribution in [1.82, 2.24) is 4.90 Å². The third kappa shape index (κ3) is 3.53. The highest BCUT2D eigenvalue weighted by atomic mass is 19.1. The summed E-state index contributed by atoms with van der Waals surface area (Å²) in [6.45, 7) is 5.96. The summed E-state index contributed by atoms with van der Waals surface area (Å²) in [5.41, 5.74) is 0.254. The molecule has 104 valence electrons. The Morgan fingerprint density at radius 3 is 2.89 bits per heavy atom. The molecule has 1 fully saturated rings. The van der Waals surface area contributed by atoms with E-state index in [-0.39, 0.29) is 17.6 Å². The van der Waals surface area contributed by atoms with Gasteiger partial charge in [-0.15, -0.1) is 0 Å². The number of piperidine rings is 1. The van der Waals surface area contributed by atoms with E-state index in [9.17, 15) is 9.18 Å². The van der Waals surface area contributed by atoms with E-state index in [0.717, 1.165) is 19.5 Å². The van der Waals surface area contributed by atoms with Crippen LogP contribution in [0.2, 0.25) is 0 Å². The third-order valence-electron chi connectivity index (χ3n) is 3.75. The molecule has 1 N–H and O–H groups in total. The number of benzene rings is 1. The van der Waals surface area contributed by atoms with Crippen LogP contribution in [-0.4, -0.2) is 29.9 Å². The predicted octanol–water partition coefficient (Wildman–Crippen LogP) is 2.88. The van der Waals surface area contributed by atoms with Crippen LogP contribution in [0.4, 0.5) is 10.1 Å². The molecule has 1 aromatic carbocycles. The number of nitrogens with zero attached hydrogens (tertiary/aromatic N) is 1. The van der Waals surface area contributed by atoms with Crippen molar-refractivity contribution in [2.24, 2.45) is 5.92 Å². The number of anilines is 1. The van der Waals surface area contributed by atoms with E-state index >= 15 is 0 Å². The van der Waals surface area contributed by atoms with Gasteiger partial charge in [0.05, 0.1) is 11.7 Å². The number of likely N-dealkylation sites (tertiary alicyclic amines) is 1. The van der Waals surface area contributed by atoms with Crippen molar-refractivity contribution >= 4 is 11.6 Å². The molecule has 3 nitrogen and oxygen atoms in total. The van der Waals surface area contributed by atoms with Crippen molar-refractivity contribution in [1.29, 1.82) is 0 Å². The Hall–Kier alpha value is -1.42. The van der Waals surface area contributed by atoms with Gasteiger partial charge in [0.1, 0.15) is 5.82 Å². The van der Waals surface area contributed by atoms with Crippen LogP contribution in [-0.2, 0) is 4.79 Å². The molecule has 0 spiro atoms. The standard InChI is InChI=1S/C15H21FN2O/c1-11-6-5-9-18(10-11)12(2)15(19)17-14-8-4-3-7-13(14)16/h3-4,7-8,11-12H,5-6,9-10H2,1-2H3,(H,17,19)/t11-,12+/m1/s1. The van der Waals surface area contributed by atoms with Gasteiger partial charge in [0.2, 0.25) is 5.91 Å². The van der Waals surface area contributed by atoms with Crippen LogP contribution in [0.3, 0.4) is 0 Å². The molecule has 1 aromatic rings. The molecule has 0 radical (unpaired) electrons. The van der Waals surface area contributed by atoms with Crippen LogP contribution in [0.1, 0.15) is 26.7 Å². The van der Waals surface area contributed by atoms with Gasteiger partial charge >= 0.3 is 0 Å². The van der Waals surface area contributed by atoms with Crippen molar-refractivity contribution in [3.05, 3.63) is 30.1 Å². The Labute approximate surface area is 113 Å². The second-order valence-electron chi connectivity index (χ2n) is 5.39. The minimum absolute atomic E-state index is 0.140. The Morgan fingerprint density at radius 1 is 1.47 bits per heavy atom. The largest absolute Gasteiger partial charge is 0.322 e. The van der Waals surface area contributed by atoms with Crippen LogP contribution in [0, 0.1) is 11.7 Å². The van der Waals surface area contributed by atoms with E-state index < -0.39 is 5.82 Å². The fourth-order valence-electron chi connectivity index (χ4n) is 2.54. The van der Waals surface area contributed by atoms with Crippen LogP contribution in [0.25, 0.3) is 0 Å². The van der Waals surface area contributed by atoms with E-state index in [2.05, 4.69) is 17.1 Å². The summed E-state index contributed by atoms with van der Waals surface area (Å²) < 4.78 is 13.5. The van der Waals surface area contributed by atoms with Gasteiger partial charge in [-0.2, -0.15) is 0 Å². The van der Waals surface area contributed by atoms with Crippen molar-refractivity contribution < 1.29 is 9.18 Å². The maximum atomic E-state index is 13.5. The SMILES string of the molecule is C[C@@H]1CCCN([C@@H](C)C(=O)Nc2ccccc2F)C1. The Balaban J connectivity index is 1.97. The predicted molar refractivity (Wildman–Crippen MR) is 74.5 cm³/mol. The molecule has 1 aliphatic rings. The summed E-state index contributed by atoms with van der Waals surface area (Å²) in [6.07, 6.45) is 2.34. The summed E-state index contributed by atoms with van der Waals surface area (Å²) in [5, 5.41) is 2.67. The van der Waals surface area contributed by atoms with E-state index in [1.54, 1.807) is 18.2 Å². The van der Waals surface area contributed by atoms with Crippen LogP contribution in [0.15, 0.2) is 24.3 Å². The average molecular weight is 264 g/mol. The number of hydrogen-bond donors (Lipinski definition) is 1. The minimum Gasteiger partial charge on any atom is -0.322 e. The van der Waals surface area contributed by atoms with Crippen LogP contribution < -0.4 is 5.32 Å². The van der Waals surface area contributed by atoms with Gasteiger partial charge in [-0.25, -0.2) is 4.39 Å². The molecule has 2 rings (SSSR count). The second-order valence-corrected chi connectivity index (χ2v) is 5.39. The summed E-state index contributed by atoms with van der Waals surface area (Å²) in [7, 11) is 0. The maximum Gasteiger partial charge on any atom is 0.241 e. The second kappa shape index (κ2) is 6.15. The fraction of sp³-hybridized carbons (Fsp3) is 0.533. The molecule has 19 heavy (non-hydrogen) atoms. The normalized spacial score (nSPS) is 21.9. The molecule has 0 saturated carbocycles. The first-order chi connectivity index (χ1) is 9.08. The zero-order chi connectivity index (χ0) is 13.8. The highest BCUT2D eigenvalue weighted by Gasteiger charge is 2.25. The van der Waals surface area contributed by atoms with Gasteiger partial charge in [0.15, 0.2) is 0 Å². The molecule has 0 aromatic heterocycles. The number of halogens is 1. The summed E-state index contributed by atoms with van der Waals surface area (Å²) in [4.78, 5) is 14.3. The molecular weight excluding hydrogens is 243 g/mol. The first kappa shape index (κ1) is 14.0. The highest BCUT2D eigenvalue weighted by molar-refractivity contribution is 5.94. The molecular formula is C15H21FN2O. The lowest BCUT2D eigenvalue weighted by molar-refractivity contribution is -0.121. The van der Waals surface area contributed by atoms with Gasteiger partial charge < -0.3 is 5.32 Å². The molecule has 1 amide bonds. The Bertz CT molecular complexity index is 450. The number of nitrogens with one attached hydrogen (secondary N) is 1. The van der Waals surface area contributed by atoms with Crippen molar-refractivity contribution in [2.45, 2.75) is 32.7 Å². The average Bonchev–Trinajstić information content (AvgIpc) is 2.40. The van der Waals surface area contributed by atoms with Gasteiger partial charge in [-0.3, -0.25) is 9.69 Å². The Kier molecular flexibility index (Phi) is 4.53. The smallest absolute Gasteiger partial charge is 0.241 e. The molecule has 1 heterocycles. The van der Waals surface area contributed by atoms with Crippen LogP contribution >= 0.6 is 0 Å².